The maximum atomic E-state index is 8.61. The Morgan fingerprint density at radius 1 is 0.368 bits per heavy atom. The minimum atomic E-state index is -5.88. The van der Waals surface area contributed by atoms with Gasteiger partial charge in [-0.25, -0.2) is 0 Å². The van der Waals surface area contributed by atoms with Gasteiger partial charge < -0.3 is 0 Å². The Balaban J connectivity index is -0.0000000206. The Bertz CT molecular complexity index is 211. The molecule has 0 aliphatic heterocycles. The minimum Gasteiger partial charge on any atom is 0 e. The van der Waals surface area contributed by atoms with Gasteiger partial charge in [-0.15, -0.1) is 0 Å². The molecule has 0 saturated heterocycles. The quantitative estimate of drug-likeness (QED) is 0.205. The smallest absolute Gasteiger partial charge is 0 e. The SMILES string of the molecule is O=[As]([O-])([O-])[O-].O=[As]([O-])([O-])[O-].O=[As]([O-])([O-])[O-].[Pb].[Pb].[Pb].[Pb]. The molecule has 0 N–H and O–H groups in total. The molecule has 0 rings (SSSR count). The van der Waals surface area contributed by atoms with Gasteiger partial charge in [-0.1, -0.05) is 0 Å². The molecule has 112 valence electrons. The number of rotatable bonds is 0. The Hall–Kier alpha value is 4.40. The second-order valence-electron chi connectivity index (χ2n) is 1.34. The molecule has 0 spiro atoms. The Labute approximate surface area is 197 Å². The fraction of sp³-hybridized carbons (Fsp3) is 0. The van der Waals surface area contributed by atoms with Crippen molar-refractivity contribution in [2.75, 3.05) is 0 Å². The molecule has 12 nitrogen and oxygen atoms in total. The third kappa shape index (κ3) is 481. The molecule has 0 fully saturated rings. The van der Waals surface area contributed by atoms with Crippen LogP contribution in [0.5, 0.6) is 0 Å². The van der Waals surface area contributed by atoms with Crippen molar-refractivity contribution < 1.29 is 48.1 Å². The van der Waals surface area contributed by atoms with Crippen molar-refractivity contribution in [2.24, 2.45) is 0 Å². The Morgan fingerprint density at radius 3 is 0.368 bits per heavy atom. The Morgan fingerprint density at radius 2 is 0.368 bits per heavy atom. The fourth-order valence-electron chi connectivity index (χ4n) is 0. The normalized spacial score (nSPS) is 9.32. The summed E-state index contributed by atoms with van der Waals surface area (Å²) in [6, 6.07) is 0. The van der Waals surface area contributed by atoms with Crippen LogP contribution in [-0.4, -0.2) is 153 Å². The first-order valence-electron chi connectivity index (χ1n) is 2.19. The largest absolute Gasteiger partial charge is 0 e. The molecule has 16 radical (unpaired) electrons. The molecule has 0 saturated carbocycles. The van der Waals surface area contributed by atoms with Gasteiger partial charge in [-0.2, -0.15) is 0 Å². The van der Waals surface area contributed by atoms with E-state index in [1.54, 1.807) is 0 Å². The molecule has 0 unspecified atom stereocenters. The van der Waals surface area contributed by atoms with Crippen LogP contribution in [0.2, 0.25) is 0 Å². The van der Waals surface area contributed by atoms with Crippen LogP contribution in [0.15, 0.2) is 0 Å². The van der Waals surface area contributed by atoms with E-state index < -0.39 is 43.5 Å². The summed E-state index contributed by atoms with van der Waals surface area (Å²) in [5.41, 5.74) is 0. The van der Waals surface area contributed by atoms with E-state index in [0.29, 0.717) is 0 Å². The fourth-order valence-corrected chi connectivity index (χ4v) is 0. The van der Waals surface area contributed by atoms with Gasteiger partial charge in [0.2, 0.25) is 0 Å². The summed E-state index contributed by atoms with van der Waals surface area (Å²) < 4.78 is 103. The van der Waals surface area contributed by atoms with Gasteiger partial charge >= 0.3 is 91.6 Å². The van der Waals surface area contributed by atoms with E-state index in [9.17, 15) is 0 Å². The summed E-state index contributed by atoms with van der Waals surface area (Å²) in [5.74, 6) is 0. The molecule has 0 aliphatic carbocycles. The van der Waals surface area contributed by atoms with Crippen LogP contribution in [0, 0.1) is 0 Å². The first-order valence-corrected chi connectivity index (χ1v) is 11.4. The van der Waals surface area contributed by atoms with E-state index in [1.165, 1.54) is 0 Å². The van der Waals surface area contributed by atoms with Gasteiger partial charge in [-0.05, 0) is 0 Å². The molecule has 0 aromatic carbocycles. The summed E-state index contributed by atoms with van der Waals surface area (Å²) >= 11 is -17.6. The van der Waals surface area contributed by atoms with Crippen LogP contribution in [-0.2, 0) is 11.2 Å². The van der Waals surface area contributed by atoms with E-state index in [0.717, 1.165) is 0 Å². The third-order valence-corrected chi connectivity index (χ3v) is 0. The average molecular weight is 1250 g/mol. The molecule has 0 aromatic heterocycles. The average Bonchev–Trinajstić information content (AvgIpc) is 1.41. The standard InChI is InChI=1S/3AsH3O4.4Pb/c3*2-1(3,4)5;;;;/h3*(H3,2,3,4,5);;;;/p-9. The summed E-state index contributed by atoms with van der Waals surface area (Å²) in [6.45, 7) is 0. The van der Waals surface area contributed by atoms with E-state index in [1.807, 2.05) is 0 Å². The van der Waals surface area contributed by atoms with E-state index in [4.69, 9.17) is 48.1 Å². The van der Waals surface area contributed by atoms with Crippen LogP contribution in [0.4, 0.5) is 0 Å². The zero-order valence-electron chi connectivity index (χ0n) is 8.24. The van der Waals surface area contributed by atoms with Crippen molar-refractivity contribution in [1.29, 1.82) is 0 Å². The van der Waals surface area contributed by atoms with Crippen molar-refractivity contribution in [3.05, 3.63) is 0 Å². The molecule has 0 amide bonds. The molecular weight excluding hydrogens is 1250 g/mol. The predicted molar refractivity (Wildman–Crippen MR) is 42.3 cm³/mol. The van der Waals surface area contributed by atoms with Gasteiger partial charge in [-0.3, -0.25) is 0 Å². The van der Waals surface area contributed by atoms with Crippen molar-refractivity contribution in [1.82, 2.24) is 0 Å². The Kier molecular flexibility index (Phi) is 47.0. The minimum absolute atomic E-state index is 0. The first-order chi connectivity index (χ1) is 6.00. The van der Waals surface area contributed by atoms with Crippen molar-refractivity contribution in [3.8, 4) is 0 Å². The zero-order chi connectivity index (χ0) is 13.5. The molecular formula is As3O12Pb4-9. The van der Waals surface area contributed by atoms with Gasteiger partial charge in [0.1, 0.15) is 0 Å². The summed E-state index contributed by atoms with van der Waals surface area (Å²) in [5, 5.41) is 0. The van der Waals surface area contributed by atoms with Crippen LogP contribution >= 0.6 is 0 Å². The first kappa shape index (κ1) is 43.7. The number of hydrogen-bond acceptors (Lipinski definition) is 12. The van der Waals surface area contributed by atoms with E-state index >= 15 is 0 Å². The monoisotopic (exact) mass is 1250 g/mol. The predicted octanol–water partition coefficient (Wildman–Crippen LogP) is -13.7. The number of hydrogen-bond donors (Lipinski definition) is 0. The molecule has 0 heterocycles. The molecule has 19 heavy (non-hydrogen) atoms. The van der Waals surface area contributed by atoms with Crippen molar-refractivity contribution >= 4 is 153 Å². The van der Waals surface area contributed by atoms with Gasteiger partial charge in [0.15, 0.2) is 0 Å². The summed E-state index contributed by atoms with van der Waals surface area (Å²) in [7, 11) is 0. The zero-order valence-corrected chi connectivity index (χ0v) is 29.4. The maximum Gasteiger partial charge on any atom is 0 e. The van der Waals surface area contributed by atoms with Gasteiger partial charge in [0.05, 0.1) is 0 Å². The summed E-state index contributed by atoms with van der Waals surface area (Å²) in [4.78, 5) is 0. The van der Waals surface area contributed by atoms with Gasteiger partial charge in [0.25, 0.3) is 0 Å². The molecule has 0 atom stereocenters. The van der Waals surface area contributed by atoms with Crippen LogP contribution in [0.25, 0.3) is 0 Å². The van der Waals surface area contributed by atoms with Crippen LogP contribution < -0.4 is 36.9 Å². The van der Waals surface area contributed by atoms with Crippen LogP contribution in [0.3, 0.4) is 0 Å². The third-order valence-electron chi connectivity index (χ3n) is 0. The molecule has 19 heteroatoms. The van der Waals surface area contributed by atoms with Crippen molar-refractivity contribution in [3.63, 3.8) is 0 Å². The van der Waals surface area contributed by atoms with E-state index in [2.05, 4.69) is 0 Å². The molecule has 0 aromatic rings. The van der Waals surface area contributed by atoms with Crippen LogP contribution in [0.1, 0.15) is 0 Å². The maximum absolute atomic E-state index is 8.61. The second-order valence-corrected chi connectivity index (χ2v) is 6.97. The summed E-state index contributed by atoms with van der Waals surface area (Å²) in [6.07, 6.45) is 0. The topological polar surface area (TPSA) is 259 Å². The van der Waals surface area contributed by atoms with Gasteiger partial charge in [0, 0.05) is 109 Å². The van der Waals surface area contributed by atoms with Crippen molar-refractivity contribution in [2.45, 2.75) is 0 Å². The molecule has 0 aliphatic rings. The van der Waals surface area contributed by atoms with E-state index in [-0.39, 0.29) is 109 Å². The second kappa shape index (κ2) is 20.4. The molecule has 0 bridgehead atoms.